The third kappa shape index (κ3) is 5.29. The van der Waals surface area contributed by atoms with Crippen molar-refractivity contribution in [3.8, 4) is 62.1 Å². The molecule has 11 aromatic rings. The normalized spacial score (nSPS) is 11.6. The zero-order chi connectivity index (χ0) is 37.0. The molecule has 0 saturated heterocycles. The van der Waals surface area contributed by atoms with Gasteiger partial charge < -0.3 is 8.98 Å². The van der Waals surface area contributed by atoms with Crippen LogP contribution in [0.25, 0.3) is 106 Å². The Labute approximate surface area is 322 Å². The molecule has 0 unspecified atom stereocenters. The Kier molecular flexibility index (Phi) is 7.42. The molecule has 0 aliphatic heterocycles. The summed E-state index contributed by atoms with van der Waals surface area (Å²) < 4.78 is 9.43. The number of hydrogen-bond acceptors (Lipinski definition) is 4. The number of nitrogens with zero attached hydrogens (tertiary/aromatic N) is 4. The molecule has 0 amide bonds. The molecule has 0 fully saturated rings. The van der Waals surface area contributed by atoms with Crippen LogP contribution in [0.2, 0.25) is 0 Å². The zero-order valence-electron chi connectivity index (χ0n) is 30.2. The lowest BCUT2D eigenvalue weighted by Gasteiger charge is -2.08. The van der Waals surface area contributed by atoms with Crippen molar-refractivity contribution in [1.29, 1.82) is 0 Å². The second-order valence-electron chi connectivity index (χ2n) is 14.0. The van der Waals surface area contributed by atoms with Crippen molar-refractivity contribution in [3.05, 3.63) is 194 Å². The van der Waals surface area contributed by atoms with Crippen LogP contribution in [0.1, 0.15) is 0 Å². The minimum absolute atomic E-state index is 0.562. The highest BCUT2D eigenvalue weighted by Crippen LogP contribution is 2.43. The molecule has 0 aliphatic carbocycles. The molecular weight excluding hydrogens is 685 g/mol. The van der Waals surface area contributed by atoms with E-state index in [9.17, 15) is 0 Å². The van der Waals surface area contributed by atoms with Crippen molar-refractivity contribution < 1.29 is 4.42 Å². The second kappa shape index (κ2) is 13.0. The molecule has 0 radical (unpaired) electrons. The summed E-state index contributed by atoms with van der Waals surface area (Å²) in [6.45, 7) is 0. The van der Waals surface area contributed by atoms with Gasteiger partial charge in [-0.3, -0.25) is 0 Å². The van der Waals surface area contributed by atoms with Gasteiger partial charge in [0.2, 0.25) is 0 Å². The van der Waals surface area contributed by atoms with E-state index in [0.29, 0.717) is 17.5 Å². The number of benzene rings is 8. The van der Waals surface area contributed by atoms with Gasteiger partial charge in [0.25, 0.3) is 0 Å². The molecule has 0 saturated carbocycles. The van der Waals surface area contributed by atoms with Crippen molar-refractivity contribution in [2.24, 2.45) is 0 Å². The van der Waals surface area contributed by atoms with Crippen LogP contribution < -0.4 is 0 Å². The number of aromatic nitrogens is 4. The summed E-state index contributed by atoms with van der Waals surface area (Å²) in [5, 5.41) is 4.24. The van der Waals surface area contributed by atoms with Crippen LogP contribution in [0.4, 0.5) is 0 Å². The van der Waals surface area contributed by atoms with Crippen molar-refractivity contribution in [2.45, 2.75) is 0 Å². The highest BCUT2D eigenvalue weighted by atomic mass is 16.3. The summed E-state index contributed by atoms with van der Waals surface area (Å²) >= 11 is 0. The zero-order valence-corrected chi connectivity index (χ0v) is 30.2. The van der Waals surface area contributed by atoms with Crippen LogP contribution in [0.5, 0.6) is 0 Å². The third-order valence-corrected chi connectivity index (χ3v) is 10.7. The molecule has 3 heterocycles. The molecule has 3 aromatic heterocycles. The molecular formula is C51H32N4O. The maximum absolute atomic E-state index is 7.10. The first-order valence-electron chi connectivity index (χ1n) is 18.8. The number of furan rings is 1. The molecule has 8 aromatic carbocycles. The van der Waals surface area contributed by atoms with E-state index in [0.717, 1.165) is 77.2 Å². The quantitative estimate of drug-likeness (QED) is 0.172. The van der Waals surface area contributed by atoms with Gasteiger partial charge >= 0.3 is 0 Å². The summed E-state index contributed by atoms with van der Waals surface area (Å²) in [6, 6.07) is 67.4. The van der Waals surface area contributed by atoms with Crippen LogP contribution in [-0.2, 0) is 0 Å². The second-order valence-corrected chi connectivity index (χ2v) is 14.0. The first-order valence-corrected chi connectivity index (χ1v) is 18.8. The van der Waals surface area contributed by atoms with Gasteiger partial charge in [-0.15, -0.1) is 0 Å². The standard InChI is InChI=1S/C51H32N4O/c1-5-14-33(15-6-1)34-24-26-35(27-25-34)38-28-30-44-43(32-38)46-45(55(44)39-20-11-4-12-21-39)31-29-41-40-22-13-23-42(47(40)56-48(41)46)51-53-49(36-16-7-2-8-17-36)52-50(54-51)37-18-9-3-10-19-37/h1-32H. The predicted molar refractivity (Wildman–Crippen MR) is 229 cm³/mol. The average molecular weight is 717 g/mol. The Hall–Kier alpha value is -7.63. The van der Waals surface area contributed by atoms with Crippen LogP contribution in [0, 0.1) is 0 Å². The Balaban J connectivity index is 1.14. The fraction of sp³-hybridized carbons (Fsp3) is 0. The Morgan fingerprint density at radius 3 is 1.48 bits per heavy atom. The topological polar surface area (TPSA) is 56.7 Å². The van der Waals surface area contributed by atoms with Gasteiger partial charge in [0.1, 0.15) is 11.2 Å². The summed E-state index contributed by atoms with van der Waals surface area (Å²) in [6.07, 6.45) is 0. The number of rotatable bonds is 6. The molecule has 262 valence electrons. The first kappa shape index (κ1) is 31.9. The van der Waals surface area contributed by atoms with E-state index in [1.54, 1.807) is 0 Å². The number of hydrogen-bond donors (Lipinski definition) is 0. The van der Waals surface area contributed by atoms with Gasteiger partial charge in [-0.25, -0.2) is 15.0 Å². The molecule has 5 nitrogen and oxygen atoms in total. The molecule has 5 heteroatoms. The highest BCUT2D eigenvalue weighted by Gasteiger charge is 2.22. The van der Waals surface area contributed by atoms with Gasteiger partial charge in [-0.05, 0) is 64.7 Å². The summed E-state index contributed by atoms with van der Waals surface area (Å²) in [7, 11) is 0. The number of para-hydroxylation sites is 2. The van der Waals surface area contributed by atoms with E-state index in [1.807, 2.05) is 66.7 Å². The monoisotopic (exact) mass is 716 g/mol. The largest absolute Gasteiger partial charge is 0.455 e. The molecule has 56 heavy (non-hydrogen) atoms. The Morgan fingerprint density at radius 1 is 0.339 bits per heavy atom. The van der Waals surface area contributed by atoms with Crippen LogP contribution in [0.3, 0.4) is 0 Å². The summed E-state index contributed by atoms with van der Waals surface area (Å²) in [5.74, 6) is 1.78. The van der Waals surface area contributed by atoms with Crippen molar-refractivity contribution in [3.63, 3.8) is 0 Å². The minimum atomic E-state index is 0.562. The van der Waals surface area contributed by atoms with E-state index in [2.05, 4.69) is 132 Å². The molecule has 0 aliphatic rings. The van der Waals surface area contributed by atoms with Gasteiger partial charge in [-0.2, -0.15) is 0 Å². The smallest absolute Gasteiger partial charge is 0.167 e. The lowest BCUT2D eigenvalue weighted by molar-refractivity contribution is 0.673. The summed E-state index contributed by atoms with van der Waals surface area (Å²) in [4.78, 5) is 15.0. The van der Waals surface area contributed by atoms with Gasteiger partial charge in [0, 0.05) is 33.0 Å². The minimum Gasteiger partial charge on any atom is -0.455 e. The molecule has 0 N–H and O–H groups in total. The number of fused-ring (bicyclic) bond motifs is 7. The Morgan fingerprint density at radius 2 is 0.839 bits per heavy atom. The first-order chi connectivity index (χ1) is 27.8. The van der Waals surface area contributed by atoms with Gasteiger partial charge in [-0.1, -0.05) is 152 Å². The maximum atomic E-state index is 7.10. The van der Waals surface area contributed by atoms with E-state index in [1.165, 1.54) is 11.1 Å². The molecule has 0 bridgehead atoms. The van der Waals surface area contributed by atoms with Crippen molar-refractivity contribution in [2.75, 3.05) is 0 Å². The van der Waals surface area contributed by atoms with Crippen LogP contribution in [-0.4, -0.2) is 19.5 Å². The van der Waals surface area contributed by atoms with Crippen LogP contribution in [0.15, 0.2) is 199 Å². The average Bonchev–Trinajstić information content (AvgIpc) is 3.83. The summed E-state index contributed by atoms with van der Waals surface area (Å²) in [5.41, 5.74) is 12.2. The maximum Gasteiger partial charge on any atom is 0.167 e. The fourth-order valence-electron chi connectivity index (χ4n) is 7.98. The lowest BCUT2D eigenvalue weighted by atomic mass is 9.99. The van der Waals surface area contributed by atoms with E-state index in [-0.39, 0.29) is 0 Å². The van der Waals surface area contributed by atoms with Crippen molar-refractivity contribution >= 4 is 43.7 Å². The van der Waals surface area contributed by atoms with Crippen molar-refractivity contribution in [1.82, 2.24) is 19.5 Å². The lowest BCUT2D eigenvalue weighted by Crippen LogP contribution is -2.00. The molecule has 11 rings (SSSR count). The van der Waals surface area contributed by atoms with E-state index >= 15 is 0 Å². The molecule has 0 spiro atoms. The van der Waals surface area contributed by atoms with Gasteiger partial charge in [0.15, 0.2) is 17.5 Å². The van der Waals surface area contributed by atoms with Gasteiger partial charge in [0.05, 0.1) is 22.0 Å². The predicted octanol–water partition coefficient (Wildman–Crippen LogP) is 13.2. The van der Waals surface area contributed by atoms with E-state index in [4.69, 9.17) is 19.4 Å². The van der Waals surface area contributed by atoms with Crippen LogP contribution >= 0.6 is 0 Å². The SMILES string of the molecule is c1ccc(-c2ccc(-c3ccc4c(c3)c3c5oc6c(-c7nc(-c8ccccc8)nc(-c8ccccc8)n7)cccc6c5ccc3n4-c3ccccc3)cc2)cc1. The fourth-order valence-corrected chi connectivity index (χ4v) is 7.98. The highest BCUT2D eigenvalue weighted by molar-refractivity contribution is 6.25. The van der Waals surface area contributed by atoms with E-state index < -0.39 is 0 Å². The Bertz CT molecular complexity index is 3150. The molecule has 0 atom stereocenters. The third-order valence-electron chi connectivity index (χ3n) is 10.7.